The highest BCUT2D eigenvalue weighted by molar-refractivity contribution is 5.76. The number of aliphatic hydroxyl groups is 1. The summed E-state index contributed by atoms with van der Waals surface area (Å²) in [5, 5.41) is 21.1. The second kappa shape index (κ2) is 8.07. The van der Waals surface area contributed by atoms with Gasteiger partial charge >= 0.3 is 5.69 Å². The summed E-state index contributed by atoms with van der Waals surface area (Å²) in [5.74, 6) is -0.216. The fourth-order valence-electron chi connectivity index (χ4n) is 2.83. The van der Waals surface area contributed by atoms with Gasteiger partial charge in [0.2, 0.25) is 5.91 Å². The van der Waals surface area contributed by atoms with Crippen LogP contribution >= 0.6 is 0 Å². The SMILES string of the molecule is Cc1ccc(OC[C@@H](O)CN2CCC(C(N)=O)CC2)c([N+](=O)[O-])c1. The van der Waals surface area contributed by atoms with Gasteiger partial charge in [-0.25, -0.2) is 0 Å². The van der Waals surface area contributed by atoms with Crippen LogP contribution in [0.1, 0.15) is 18.4 Å². The van der Waals surface area contributed by atoms with Crippen LogP contribution in [0.5, 0.6) is 5.75 Å². The summed E-state index contributed by atoms with van der Waals surface area (Å²) >= 11 is 0. The molecule has 1 atom stereocenters. The summed E-state index contributed by atoms with van der Waals surface area (Å²) in [6.45, 7) is 3.51. The van der Waals surface area contributed by atoms with Gasteiger partial charge in [-0.1, -0.05) is 6.07 Å². The van der Waals surface area contributed by atoms with Crippen LogP contribution in [0.15, 0.2) is 18.2 Å². The van der Waals surface area contributed by atoms with Gasteiger partial charge < -0.3 is 20.5 Å². The fourth-order valence-corrected chi connectivity index (χ4v) is 2.83. The first-order valence-electron chi connectivity index (χ1n) is 7.94. The zero-order chi connectivity index (χ0) is 17.7. The molecule has 1 amide bonds. The summed E-state index contributed by atoms with van der Waals surface area (Å²) in [5.41, 5.74) is 5.96. The lowest BCUT2D eigenvalue weighted by Crippen LogP contribution is -2.43. The Labute approximate surface area is 140 Å². The molecule has 1 saturated heterocycles. The molecule has 0 radical (unpaired) electrons. The Morgan fingerprint density at radius 3 is 2.75 bits per heavy atom. The second-order valence-corrected chi connectivity index (χ2v) is 6.17. The molecule has 8 heteroatoms. The van der Waals surface area contributed by atoms with Crippen LogP contribution in [-0.4, -0.2) is 53.2 Å². The van der Waals surface area contributed by atoms with E-state index in [-0.39, 0.29) is 29.9 Å². The number of rotatable bonds is 7. The van der Waals surface area contributed by atoms with E-state index in [9.17, 15) is 20.0 Å². The number of piperidine rings is 1. The molecule has 24 heavy (non-hydrogen) atoms. The van der Waals surface area contributed by atoms with Crippen LogP contribution in [0.3, 0.4) is 0 Å². The highest BCUT2D eigenvalue weighted by Crippen LogP contribution is 2.27. The highest BCUT2D eigenvalue weighted by atomic mass is 16.6. The zero-order valence-electron chi connectivity index (χ0n) is 13.7. The minimum absolute atomic E-state index is 0.0281. The average Bonchev–Trinajstić information content (AvgIpc) is 2.54. The normalized spacial score (nSPS) is 17.4. The van der Waals surface area contributed by atoms with E-state index >= 15 is 0 Å². The molecule has 1 heterocycles. The van der Waals surface area contributed by atoms with Crippen LogP contribution in [0.4, 0.5) is 5.69 Å². The second-order valence-electron chi connectivity index (χ2n) is 6.17. The number of nitro benzene ring substituents is 1. The molecule has 1 aromatic carbocycles. The summed E-state index contributed by atoms with van der Waals surface area (Å²) in [6.07, 6.45) is 0.606. The lowest BCUT2D eigenvalue weighted by molar-refractivity contribution is -0.386. The van der Waals surface area contributed by atoms with Crippen molar-refractivity contribution >= 4 is 11.6 Å². The molecule has 3 N–H and O–H groups in total. The topological polar surface area (TPSA) is 119 Å². The molecule has 0 unspecified atom stereocenters. The zero-order valence-corrected chi connectivity index (χ0v) is 13.7. The van der Waals surface area contributed by atoms with Crippen molar-refractivity contribution in [3.8, 4) is 5.75 Å². The number of nitro groups is 1. The first-order valence-corrected chi connectivity index (χ1v) is 7.94. The molecule has 0 spiro atoms. The Morgan fingerprint density at radius 1 is 1.50 bits per heavy atom. The van der Waals surface area contributed by atoms with Crippen molar-refractivity contribution in [2.45, 2.75) is 25.9 Å². The van der Waals surface area contributed by atoms with Crippen LogP contribution in [-0.2, 0) is 4.79 Å². The maximum absolute atomic E-state index is 11.1. The number of amides is 1. The van der Waals surface area contributed by atoms with Crippen molar-refractivity contribution in [2.75, 3.05) is 26.2 Å². The van der Waals surface area contributed by atoms with Crippen molar-refractivity contribution in [1.82, 2.24) is 4.90 Å². The monoisotopic (exact) mass is 337 g/mol. The van der Waals surface area contributed by atoms with Gasteiger partial charge in [0, 0.05) is 18.5 Å². The number of β-amino-alcohol motifs (C(OH)–C–C–N with tert-alkyl or cyclic N) is 1. The fraction of sp³-hybridized carbons (Fsp3) is 0.562. The molecule has 0 aliphatic carbocycles. The van der Waals surface area contributed by atoms with E-state index in [1.165, 1.54) is 6.07 Å². The van der Waals surface area contributed by atoms with Gasteiger partial charge in [-0.05, 0) is 44.5 Å². The standard InChI is InChI=1S/C16H23N3O5/c1-11-2-3-15(14(8-11)19(22)23)24-10-13(20)9-18-6-4-12(5-7-18)16(17)21/h2-3,8,12-13,20H,4-7,9-10H2,1H3,(H2,17,21)/t13-/m0/s1. The van der Waals surface area contributed by atoms with Crippen molar-refractivity contribution in [2.24, 2.45) is 11.7 Å². The van der Waals surface area contributed by atoms with Gasteiger partial charge in [0.25, 0.3) is 0 Å². The minimum Gasteiger partial charge on any atom is -0.484 e. The van der Waals surface area contributed by atoms with Gasteiger partial charge in [0.1, 0.15) is 12.7 Å². The minimum atomic E-state index is -0.768. The van der Waals surface area contributed by atoms with E-state index < -0.39 is 11.0 Å². The molecule has 8 nitrogen and oxygen atoms in total. The number of primary amides is 1. The Bertz CT molecular complexity index is 599. The molecule has 2 rings (SSSR count). The molecule has 0 aromatic heterocycles. The lowest BCUT2D eigenvalue weighted by atomic mass is 9.96. The van der Waals surface area contributed by atoms with Crippen molar-refractivity contribution in [3.05, 3.63) is 33.9 Å². The van der Waals surface area contributed by atoms with Crippen LogP contribution in [0.25, 0.3) is 0 Å². The Kier molecular flexibility index (Phi) is 6.10. The maximum Gasteiger partial charge on any atom is 0.311 e. The Balaban J connectivity index is 1.83. The summed E-state index contributed by atoms with van der Waals surface area (Å²) < 4.78 is 5.42. The van der Waals surface area contributed by atoms with Gasteiger partial charge in [0.15, 0.2) is 5.75 Å². The molecular weight excluding hydrogens is 314 g/mol. The smallest absolute Gasteiger partial charge is 0.311 e. The van der Waals surface area contributed by atoms with E-state index in [1.807, 2.05) is 4.90 Å². The third kappa shape index (κ3) is 4.90. The molecule has 1 aliphatic heterocycles. The summed E-state index contributed by atoms with van der Waals surface area (Å²) in [4.78, 5) is 23.7. The largest absolute Gasteiger partial charge is 0.484 e. The van der Waals surface area contributed by atoms with Crippen LogP contribution in [0, 0.1) is 23.0 Å². The number of likely N-dealkylation sites (tertiary alicyclic amines) is 1. The predicted octanol–water partition coefficient (Wildman–Crippen LogP) is 0.840. The number of hydrogen-bond acceptors (Lipinski definition) is 6. The first-order chi connectivity index (χ1) is 11.4. The van der Waals surface area contributed by atoms with E-state index in [4.69, 9.17) is 10.5 Å². The summed E-state index contributed by atoms with van der Waals surface area (Å²) in [6, 6.07) is 4.71. The third-order valence-corrected chi connectivity index (χ3v) is 4.20. The number of aryl methyl sites for hydroxylation is 1. The quantitative estimate of drug-likeness (QED) is 0.562. The van der Waals surface area contributed by atoms with Gasteiger partial charge in [-0.2, -0.15) is 0 Å². The van der Waals surface area contributed by atoms with E-state index in [2.05, 4.69) is 0 Å². The number of aliphatic hydroxyl groups excluding tert-OH is 1. The number of carbonyl (C=O) groups is 1. The van der Waals surface area contributed by atoms with E-state index in [1.54, 1.807) is 19.1 Å². The molecule has 132 valence electrons. The van der Waals surface area contributed by atoms with Gasteiger partial charge in [-0.3, -0.25) is 14.9 Å². The van der Waals surface area contributed by atoms with Crippen molar-refractivity contribution < 1.29 is 19.6 Å². The Morgan fingerprint density at radius 2 is 2.17 bits per heavy atom. The van der Waals surface area contributed by atoms with Gasteiger partial charge in [-0.15, -0.1) is 0 Å². The lowest BCUT2D eigenvalue weighted by Gasteiger charge is -2.31. The van der Waals surface area contributed by atoms with Crippen molar-refractivity contribution in [1.29, 1.82) is 0 Å². The van der Waals surface area contributed by atoms with E-state index in [0.29, 0.717) is 32.5 Å². The van der Waals surface area contributed by atoms with Crippen molar-refractivity contribution in [3.63, 3.8) is 0 Å². The predicted molar refractivity (Wildman–Crippen MR) is 87.7 cm³/mol. The molecular formula is C16H23N3O5. The van der Waals surface area contributed by atoms with Crippen LogP contribution in [0.2, 0.25) is 0 Å². The molecule has 0 saturated carbocycles. The number of carbonyl (C=O) groups excluding carboxylic acids is 1. The molecule has 1 fully saturated rings. The number of benzene rings is 1. The number of ether oxygens (including phenoxy) is 1. The van der Waals surface area contributed by atoms with Crippen LogP contribution < -0.4 is 10.5 Å². The molecule has 0 bridgehead atoms. The highest BCUT2D eigenvalue weighted by Gasteiger charge is 2.24. The molecule has 1 aliphatic rings. The van der Waals surface area contributed by atoms with Gasteiger partial charge in [0.05, 0.1) is 4.92 Å². The molecule has 1 aromatic rings. The number of nitrogens with two attached hydrogens (primary N) is 1. The number of hydrogen-bond donors (Lipinski definition) is 2. The Hall–Kier alpha value is -2.19. The average molecular weight is 337 g/mol. The third-order valence-electron chi connectivity index (χ3n) is 4.20. The maximum atomic E-state index is 11.1. The summed E-state index contributed by atoms with van der Waals surface area (Å²) in [7, 11) is 0. The number of nitrogens with zero attached hydrogens (tertiary/aromatic N) is 2. The van der Waals surface area contributed by atoms with E-state index in [0.717, 1.165) is 5.56 Å². The first kappa shape index (κ1) is 18.2.